The predicted octanol–water partition coefficient (Wildman–Crippen LogP) is 0.603. The van der Waals surface area contributed by atoms with Gasteiger partial charge >= 0.3 is 0 Å². The number of rotatable bonds is 9. The van der Waals surface area contributed by atoms with Gasteiger partial charge in [-0.05, 0) is 32.9 Å². The van der Waals surface area contributed by atoms with Crippen molar-refractivity contribution in [2.75, 3.05) is 46.9 Å². The SMILES string of the molecule is CCCC1(C(=O)NCCN(C)CCOC)CCCN1. The van der Waals surface area contributed by atoms with Crippen LogP contribution in [0, 0.1) is 0 Å². The fourth-order valence-corrected chi connectivity index (χ4v) is 2.64. The van der Waals surface area contributed by atoms with Crippen molar-refractivity contribution in [2.24, 2.45) is 0 Å². The van der Waals surface area contributed by atoms with E-state index >= 15 is 0 Å². The number of carbonyl (C=O) groups excluding carboxylic acids is 1. The van der Waals surface area contributed by atoms with E-state index in [1.165, 1.54) is 0 Å². The highest BCUT2D eigenvalue weighted by atomic mass is 16.5. The van der Waals surface area contributed by atoms with Crippen molar-refractivity contribution in [3.63, 3.8) is 0 Å². The smallest absolute Gasteiger partial charge is 0.240 e. The number of likely N-dealkylation sites (N-methyl/N-ethyl adjacent to an activating group) is 1. The van der Waals surface area contributed by atoms with Gasteiger partial charge < -0.3 is 20.3 Å². The molecular formula is C14H29N3O2. The molecular weight excluding hydrogens is 242 g/mol. The van der Waals surface area contributed by atoms with Crippen LogP contribution in [-0.2, 0) is 9.53 Å². The number of ether oxygens (including phenoxy) is 1. The highest BCUT2D eigenvalue weighted by Crippen LogP contribution is 2.24. The van der Waals surface area contributed by atoms with E-state index in [-0.39, 0.29) is 11.4 Å². The maximum atomic E-state index is 12.3. The highest BCUT2D eigenvalue weighted by molar-refractivity contribution is 5.86. The van der Waals surface area contributed by atoms with E-state index in [1.807, 2.05) is 7.05 Å². The third kappa shape index (κ3) is 5.09. The molecule has 0 aromatic rings. The van der Waals surface area contributed by atoms with Gasteiger partial charge in [0.15, 0.2) is 0 Å². The number of amides is 1. The van der Waals surface area contributed by atoms with Crippen molar-refractivity contribution in [1.82, 2.24) is 15.5 Å². The van der Waals surface area contributed by atoms with Crippen LogP contribution in [0.25, 0.3) is 0 Å². The summed E-state index contributed by atoms with van der Waals surface area (Å²) in [6.07, 6.45) is 4.03. The summed E-state index contributed by atoms with van der Waals surface area (Å²) < 4.78 is 5.03. The van der Waals surface area contributed by atoms with E-state index in [2.05, 4.69) is 22.5 Å². The van der Waals surface area contributed by atoms with Crippen molar-refractivity contribution in [1.29, 1.82) is 0 Å². The molecule has 19 heavy (non-hydrogen) atoms. The Labute approximate surface area is 117 Å². The van der Waals surface area contributed by atoms with Crippen LogP contribution in [0.5, 0.6) is 0 Å². The summed E-state index contributed by atoms with van der Waals surface area (Å²) in [7, 11) is 3.75. The van der Waals surface area contributed by atoms with Crippen LogP contribution >= 0.6 is 0 Å². The minimum Gasteiger partial charge on any atom is -0.383 e. The Kier molecular flexibility index (Phi) is 7.34. The van der Waals surface area contributed by atoms with Gasteiger partial charge in [0, 0.05) is 26.7 Å². The first-order valence-electron chi connectivity index (χ1n) is 7.35. The first kappa shape index (κ1) is 16.4. The second kappa shape index (κ2) is 8.51. The second-order valence-corrected chi connectivity index (χ2v) is 5.41. The number of hydrogen-bond acceptors (Lipinski definition) is 4. The lowest BCUT2D eigenvalue weighted by atomic mass is 9.91. The molecule has 1 amide bonds. The fourth-order valence-electron chi connectivity index (χ4n) is 2.64. The summed E-state index contributed by atoms with van der Waals surface area (Å²) >= 11 is 0. The van der Waals surface area contributed by atoms with Gasteiger partial charge in [-0.15, -0.1) is 0 Å². The topological polar surface area (TPSA) is 53.6 Å². The van der Waals surface area contributed by atoms with E-state index in [1.54, 1.807) is 7.11 Å². The summed E-state index contributed by atoms with van der Waals surface area (Å²) in [6.45, 7) is 6.27. The molecule has 2 N–H and O–H groups in total. The normalized spacial score (nSPS) is 22.9. The second-order valence-electron chi connectivity index (χ2n) is 5.41. The highest BCUT2D eigenvalue weighted by Gasteiger charge is 2.39. The predicted molar refractivity (Wildman–Crippen MR) is 77.3 cm³/mol. The zero-order chi connectivity index (χ0) is 14.1. The molecule has 0 bridgehead atoms. The van der Waals surface area contributed by atoms with Crippen molar-refractivity contribution in [3.8, 4) is 0 Å². The number of nitrogens with one attached hydrogen (secondary N) is 2. The third-order valence-corrected chi connectivity index (χ3v) is 3.81. The van der Waals surface area contributed by atoms with Gasteiger partial charge in [0.05, 0.1) is 12.1 Å². The molecule has 1 heterocycles. The fraction of sp³-hybridized carbons (Fsp3) is 0.929. The molecule has 1 aliphatic heterocycles. The van der Waals surface area contributed by atoms with Crippen LogP contribution in [-0.4, -0.2) is 63.3 Å². The van der Waals surface area contributed by atoms with Crippen LogP contribution < -0.4 is 10.6 Å². The summed E-state index contributed by atoms with van der Waals surface area (Å²) in [4.78, 5) is 14.5. The number of hydrogen-bond donors (Lipinski definition) is 2. The molecule has 1 aliphatic rings. The number of carbonyl (C=O) groups is 1. The molecule has 0 aromatic heterocycles. The summed E-state index contributed by atoms with van der Waals surface area (Å²) in [6, 6.07) is 0. The Morgan fingerprint density at radius 2 is 2.26 bits per heavy atom. The third-order valence-electron chi connectivity index (χ3n) is 3.81. The molecule has 0 aromatic carbocycles. The van der Waals surface area contributed by atoms with Crippen molar-refractivity contribution < 1.29 is 9.53 Å². The Hall–Kier alpha value is -0.650. The summed E-state index contributed by atoms with van der Waals surface area (Å²) in [5.74, 6) is 0.173. The molecule has 0 saturated carbocycles. The summed E-state index contributed by atoms with van der Waals surface area (Å²) in [5, 5.41) is 6.47. The molecule has 1 fully saturated rings. The molecule has 0 spiro atoms. The number of methoxy groups -OCH3 is 1. The molecule has 0 aliphatic carbocycles. The first-order valence-corrected chi connectivity index (χ1v) is 7.35. The standard InChI is InChI=1S/C14H29N3O2/c1-4-6-14(7-5-8-16-14)13(18)15-9-10-17(2)11-12-19-3/h16H,4-12H2,1-3H3,(H,15,18). The Morgan fingerprint density at radius 3 is 2.84 bits per heavy atom. The van der Waals surface area contributed by atoms with Gasteiger partial charge in [-0.25, -0.2) is 0 Å². The van der Waals surface area contributed by atoms with E-state index in [9.17, 15) is 4.79 Å². The van der Waals surface area contributed by atoms with Crippen LogP contribution in [0.2, 0.25) is 0 Å². The zero-order valence-corrected chi connectivity index (χ0v) is 12.6. The van der Waals surface area contributed by atoms with Crippen LogP contribution in [0.4, 0.5) is 0 Å². The molecule has 0 radical (unpaired) electrons. The molecule has 5 heteroatoms. The Balaban J connectivity index is 2.29. The van der Waals surface area contributed by atoms with E-state index < -0.39 is 0 Å². The van der Waals surface area contributed by atoms with E-state index in [0.29, 0.717) is 6.54 Å². The minimum atomic E-state index is -0.306. The Morgan fingerprint density at radius 1 is 1.47 bits per heavy atom. The lowest BCUT2D eigenvalue weighted by Crippen LogP contribution is -2.54. The quantitative estimate of drug-likeness (QED) is 0.645. The minimum absolute atomic E-state index is 0.173. The van der Waals surface area contributed by atoms with Gasteiger partial charge in [0.25, 0.3) is 0 Å². The first-order chi connectivity index (χ1) is 9.14. The van der Waals surface area contributed by atoms with Crippen LogP contribution in [0.15, 0.2) is 0 Å². The van der Waals surface area contributed by atoms with Crippen LogP contribution in [0.1, 0.15) is 32.6 Å². The zero-order valence-electron chi connectivity index (χ0n) is 12.6. The van der Waals surface area contributed by atoms with Crippen LogP contribution in [0.3, 0.4) is 0 Å². The van der Waals surface area contributed by atoms with E-state index in [4.69, 9.17) is 4.74 Å². The Bertz CT molecular complexity index is 265. The van der Waals surface area contributed by atoms with Crippen molar-refractivity contribution >= 4 is 5.91 Å². The van der Waals surface area contributed by atoms with Gasteiger partial charge in [-0.1, -0.05) is 13.3 Å². The maximum absolute atomic E-state index is 12.3. The molecule has 1 atom stereocenters. The monoisotopic (exact) mass is 271 g/mol. The van der Waals surface area contributed by atoms with Gasteiger partial charge in [0.1, 0.15) is 0 Å². The van der Waals surface area contributed by atoms with Gasteiger partial charge in [-0.3, -0.25) is 4.79 Å². The lowest BCUT2D eigenvalue weighted by Gasteiger charge is -2.28. The number of nitrogens with zero attached hydrogens (tertiary/aromatic N) is 1. The molecule has 1 saturated heterocycles. The largest absolute Gasteiger partial charge is 0.383 e. The average molecular weight is 271 g/mol. The van der Waals surface area contributed by atoms with Gasteiger partial charge in [0.2, 0.25) is 5.91 Å². The van der Waals surface area contributed by atoms with E-state index in [0.717, 1.165) is 51.9 Å². The molecule has 112 valence electrons. The molecule has 5 nitrogen and oxygen atoms in total. The molecule has 1 unspecified atom stereocenters. The van der Waals surface area contributed by atoms with Crippen molar-refractivity contribution in [2.45, 2.75) is 38.1 Å². The van der Waals surface area contributed by atoms with Crippen molar-refractivity contribution in [3.05, 3.63) is 0 Å². The lowest BCUT2D eigenvalue weighted by molar-refractivity contribution is -0.127. The average Bonchev–Trinajstić information content (AvgIpc) is 2.86. The summed E-state index contributed by atoms with van der Waals surface area (Å²) in [5.41, 5.74) is -0.306. The van der Waals surface area contributed by atoms with Gasteiger partial charge in [-0.2, -0.15) is 0 Å². The maximum Gasteiger partial charge on any atom is 0.240 e. The molecule has 1 rings (SSSR count).